The number of hydrogen-bond donors (Lipinski definition) is 0. The molecule has 2 heterocycles. The van der Waals surface area contributed by atoms with Crippen molar-refractivity contribution < 1.29 is 23.8 Å². The fourth-order valence-electron chi connectivity index (χ4n) is 3.80. The molecule has 1 amide bonds. The van der Waals surface area contributed by atoms with Gasteiger partial charge in [-0.2, -0.15) is 0 Å². The van der Waals surface area contributed by atoms with Gasteiger partial charge < -0.3 is 19.1 Å². The minimum Gasteiger partial charge on any atom is -0.497 e. The number of esters is 1. The van der Waals surface area contributed by atoms with Crippen LogP contribution in [0.5, 0.6) is 11.5 Å². The summed E-state index contributed by atoms with van der Waals surface area (Å²) in [5.41, 5.74) is 2.78. The van der Waals surface area contributed by atoms with E-state index in [0.29, 0.717) is 18.0 Å². The molecule has 0 radical (unpaired) electrons. The van der Waals surface area contributed by atoms with E-state index in [4.69, 9.17) is 25.8 Å². The lowest BCUT2D eigenvalue weighted by Gasteiger charge is -2.30. The number of fused-ring (bicyclic) bond motifs is 2. The van der Waals surface area contributed by atoms with Crippen LogP contribution in [0.3, 0.4) is 0 Å². The maximum atomic E-state index is 12.7. The van der Waals surface area contributed by atoms with E-state index in [2.05, 4.69) is 0 Å². The van der Waals surface area contributed by atoms with E-state index in [1.807, 2.05) is 18.2 Å². The molecule has 0 spiro atoms. The Morgan fingerprint density at radius 1 is 1.21 bits per heavy atom. The van der Waals surface area contributed by atoms with Crippen LogP contribution in [-0.4, -0.2) is 38.7 Å². The Labute approximate surface area is 174 Å². The number of rotatable bonds is 4. The zero-order valence-electron chi connectivity index (χ0n) is 16.2. The Morgan fingerprint density at radius 2 is 2.07 bits per heavy atom. The van der Waals surface area contributed by atoms with Gasteiger partial charge in [-0.25, -0.2) is 0 Å². The molecule has 2 aliphatic rings. The first-order chi connectivity index (χ1) is 14.0. The van der Waals surface area contributed by atoms with Gasteiger partial charge in [0.15, 0.2) is 6.61 Å². The average Bonchev–Trinajstić information content (AvgIpc) is 2.75. The first-order valence-electron chi connectivity index (χ1n) is 9.60. The van der Waals surface area contributed by atoms with E-state index in [-0.39, 0.29) is 19.1 Å². The van der Waals surface area contributed by atoms with Crippen LogP contribution < -0.4 is 14.4 Å². The van der Waals surface area contributed by atoms with Gasteiger partial charge in [0, 0.05) is 17.3 Å². The number of nitrogens with zero attached hydrogens (tertiary/aromatic N) is 1. The number of aryl methyl sites for hydroxylation is 1. The lowest BCUT2D eigenvalue weighted by molar-refractivity contribution is -0.153. The van der Waals surface area contributed by atoms with Gasteiger partial charge in [0.1, 0.15) is 18.1 Å². The summed E-state index contributed by atoms with van der Waals surface area (Å²) in [5, 5.41) is 0.594. The Hall–Kier alpha value is -2.73. The molecule has 7 heteroatoms. The maximum Gasteiger partial charge on any atom is 0.313 e. The summed E-state index contributed by atoms with van der Waals surface area (Å²) in [6.07, 6.45) is 2.22. The number of benzene rings is 2. The smallest absolute Gasteiger partial charge is 0.313 e. The number of amides is 1. The van der Waals surface area contributed by atoms with Crippen molar-refractivity contribution in [3.63, 3.8) is 0 Å². The molecule has 2 aromatic rings. The molecule has 2 aromatic carbocycles. The van der Waals surface area contributed by atoms with Crippen molar-refractivity contribution in [2.45, 2.75) is 19.3 Å². The van der Waals surface area contributed by atoms with Crippen molar-refractivity contribution in [3.8, 4) is 11.5 Å². The van der Waals surface area contributed by atoms with E-state index in [9.17, 15) is 9.59 Å². The molecule has 1 unspecified atom stereocenters. The highest BCUT2D eigenvalue weighted by Gasteiger charge is 2.29. The summed E-state index contributed by atoms with van der Waals surface area (Å²) in [7, 11) is 1.62. The summed E-state index contributed by atoms with van der Waals surface area (Å²) in [5.74, 6) is 0.379. The van der Waals surface area contributed by atoms with Crippen LogP contribution in [-0.2, 0) is 27.2 Å². The Morgan fingerprint density at radius 3 is 2.90 bits per heavy atom. The normalized spacial score (nSPS) is 17.6. The standard InChI is InChI=1S/C22H22ClNO5/c1-27-18-5-6-19-14(11-18)3-2-8-24(19)21(25)13-29-22(26)16-9-15-10-17(23)4-7-20(15)28-12-16/h4-7,10-11,16H,2-3,8-9,12-13H2,1H3. The minimum atomic E-state index is -0.452. The lowest BCUT2D eigenvalue weighted by atomic mass is 9.97. The second-order valence-electron chi connectivity index (χ2n) is 7.22. The van der Waals surface area contributed by atoms with E-state index in [0.717, 1.165) is 41.2 Å². The molecule has 6 nitrogen and oxygen atoms in total. The number of carbonyl (C=O) groups excluding carboxylic acids is 2. The van der Waals surface area contributed by atoms with Gasteiger partial charge in [-0.05, 0) is 66.8 Å². The quantitative estimate of drug-likeness (QED) is 0.716. The zero-order chi connectivity index (χ0) is 20.4. The summed E-state index contributed by atoms with van der Waals surface area (Å²) in [6, 6.07) is 11.0. The first-order valence-corrected chi connectivity index (χ1v) is 9.98. The number of halogens is 1. The predicted octanol–water partition coefficient (Wildman–Crippen LogP) is 3.42. The summed E-state index contributed by atoms with van der Waals surface area (Å²) in [4.78, 5) is 26.9. The van der Waals surface area contributed by atoms with Crippen LogP contribution in [0.25, 0.3) is 0 Å². The van der Waals surface area contributed by atoms with Crippen LogP contribution in [0, 0.1) is 5.92 Å². The van der Waals surface area contributed by atoms with Crippen LogP contribution in [0.2, 0.25) is 5.02 Å². The van der Waals surface area contributed by atoms with Crippen molar-refractivity contribution in [2.75, 3.05) is 31.8 Å². The molecule has 0 saturated carbocycles. The van der Waals surface area contributed by atoms with Gasteiger partial charge in [0.25, 0.3) is 5.91 Å². The summed E-state index contributed by atoms with van der Waals surface area (Å²) >= 11 is 6.02. The maximum absolute atomic E-state index is 12.7. The van der Waals surface area contributed by atoms with Crippen LogP contribution in [0.4, 0.5) is 5.69 Å². The van der Waals surface area contributed by atoms with Crippen molar-refractivity contribution in [3.05, 3.63) is 52.5 Å². The second-order valence-corrected chi connectivity index (χ2v) is 7.65. The van der Waals surface area contributed by atoms with Crippen molar-refractivity contribution in [1.82, 2.24) is 0 Å². The third-order valence-electron chi connectivity index (χ3n) is 5.31. The lowest BCUT2D eigenvalue weighted by Crippen LogP contribution is -2.39. The van der Waals surface area contributed by atoms with E-state index < -0.39 is 11.9 Å². The third-order valence-corrected chi connectivity index (χ3v) is 5.54. The monoisotopic (exact) mass is 415 g/mol. The van der Waals surface area contributed by atoms with Gasteiger partial charge in [0.2, 0.25) is 0 Å². The van der Waals surface area contributed by atoms with Crippen molar-refractivity contribution >= 4 is 29.2 Å². The number of anilines is 1. The van der Waals surface area contributed by atoms with Crippen molar-refractivity contribution in [1.29, 1.82) is 0 Å². The molecule has 0 saturated heterocycles. The van der Waals surface area contributed by atoms with Gasteiger partial charge >= 0.3 is 5.97 Å². The highest BCUT2D eigenvalue weighted by atomic mass is 35.5. The summed E-state index contributed by atoms with van der Waals surface area (Å²) < 4.78 is 16.2. The Bertz CT molecular complexity index is 945. The van der Waals surface area contributed by atoms with Crippen molar-refractivity contribution in [2.24, 2.45) is 5.92 Å². The molecular formula is C22H22ClNO5. The fraction of sp³-hybridized carbons (Fsp3) is 0.364. The first kappa shape index (κ1) is 19.6. The molecule has 4 rings (SSSR count). The topological polar surface area (TPSA) is 65.1 Å². The van der Waals surface area contributed by atoms with Gasteiger partial charge in [-0.1, -0.05) is 11.6 Å². The SMILES string of the molecule is COc1ccc2c(c1)CCCN2C(=O)COC(=O)C1COc2ccc(Cl)cc2C1. The predicted molar refractivity (Wildman–Crippen MR) is 109 cm³/mol. The summed E-state index contributed by atoms with van der Waals surface area (Å²) in [6.45, 7) is 0.547. The molecule has 152 valence electrons. The molecule has 2 aliphatic heterocycles. The molecule has 0 N–H and O–H groups in total. The highest BCUT2D eigenvalue weighted by Crippen LogP contribution is 2.32. The second kappa shape index (κ2) is 8.33. The van der Waals surface area contributed by atoms with Crippen LogP contribution >= 0.6 is 11.6 Å². The van der Waals surface area contributed by atoms with Gasteiger partial charge in [-0.3, -0.25) is 9.59 Å². The average molecular weight is 416 g/mol. The van der Waals surface area contributed by atoms with E-state index >= 15 is 0 Å². The molecule has 0 aromatic heterocycles. The molecule has 29 heavy (non-hydrogen) atoms. The van der Waals surface area contributed by atoms with Crippen LogP contribution in [0.15, 0.2) is 36.4 Å². The zero-order valence-corrected chi connectivity index (χ0v) is 16.9. The Balaban J connectivity index is 1.37. The van der Waals surface area contributed by atoms with Crippen LogP contribution in [0.1, 0.15) is 17.5 Å². The molecule has 0 bridgehead atoms. The molecule has 0 fully saturated rings. The number of ether oxygens (including phenoxy) is 3. The van der Waals surface area contributed by atoms with E-state index in [1.54, 1.807) is 30.2 Å². The third kappa shape index (κ3) is 4.17. The number of hydrogen-bond acceptors (Lipinski definition) is 5. The minimum absolute atomic E-state index is 0.230. The fourth-order valence-corrected chi connectivity index (χ4v) is 4.00. The van der Waals surface area contributed by atoms with Gasteiger partial charge in [-0.15, -0.1) is 0 Å². The Kier molecular flexibility index (Phi) is 5.62. The highest BCUT2D eigenvalue weighted by molar-refractivity contribution is 6.30. The number of methoxy groups -OCH3 is 1. The van der Waals surface area contributed by atoms with Gasteiger partial charge in [0.05, 0.1) is 13.0 Å². The molecule has 1 atom stereocenters. The van der Waals surface area contributed by atoms with E-state index in [1.165, 1.54) is 0 Å². The molecular weight excluding hydrogens is 394 g/mol. The largest absolute Gasteiger partial charge is 0.497 e. The number of carbonyl (C=O) groups is 2. The molecule has 0 aliphatic carbocycles.